The molecule has 2 N–H and O–H groups in total. The molecule has 9 nitrogen and oxygen atoms in total. The lowest BCUT2D eigenvalue weighted by Gasteiger charge is -2.31. The van der Waals surface area contributed by atoms with Gasteiger partial charge in [0, 0.05) is 23.9 Å². The van der Waals surface area contributed by atoms with E-state index < -0.39 is 39.1 Å². The number of nitrogens with one attached hydrogen (secondary N) is 1. The Morgan fingerprint density at radius 3 is 2.28 bits per heavy atom. The van der Waals surface area contributed by atoms with Gasteiger partial charge < -0.3 is 9.84 Å². The molecule has 2 aromatic rings. The number of halogens is 4. The van der Waals surface area contributed by atoms with Crippen molar-refractivity contribution in [1.29, 1.82) is 0 Å². The van der Waals surface area contributed by atoms with Crippen LogP contribution in [-0.2, 0) is 21.4 Å². The molecule has 2 saturated carbocycles. The van der Waals surface area contributed by atoms with Gasteiger partial charge in [0.15, 0.2) is 0 Å². The number of likely N-dealkylation sites (tertiary alicyclic amines) is 1. The minimum absolute atomic E-state index is 0.225. The molecule has 1 amide bonds. The zero-order valence-corrected chi connectivity index (χ0v) is 25.5. The summed E-state index contributed by atoms with van der Waals surface area (Å²) in [4.78, 5) is 28.6. The highest BCUT2D eigenvalue weighted by Gasteiger charge is 2.39. The summed E-state index contributed by atoms with van der Waals surface area (Å²) in [5.74, 6) is -2.88. The van der Waals surface area contributed by atoms with Crippen LogP contribution in [0.25, 0.3) is 0 Å². The van der Waals surface area contributed by atoms with Gasteiger partial charge in [0.2, 0.25) is 10.0 Å². The van der Waals surface area contributed by atoms with Gasteiger partial charge >= 0.3 is 12.1 Å². The van der Waals surface area contributed by atoms with Gasteiger partial charge in [-0.3, -0.25) is 9.69 Å². The third-order valence-electron chi connectivity index (χ3n) is 7.43. The average molecular weight is 650 g/mol. The molecule has 5 rings (SSSR count). The molecular formula is C28H35F4N3O6S2. The fourth-order valence-electron chi connectivity index (χ4n) is 4.64. The second-order valence-corrected chi connectivity index (χ2v) is 14.3. The number of carboxylic acids is 1. The number of rotatable bonds is 10. The van der Waals surface area contributed by atoms with Crippen molar-refractivity contribution in [3.63, 3.8) is 0 Å². The van der Waals surface area contributed by atoms with Gasteiger partial charge in [0.25, 0.3) is 5.91 Å². The fraction of sp³-hybridized carbons (Fsp3) is 0.607. The Kier molecular flexibility index (Phi) is 10.4. The van der Waals surface area contributed by atoms with Crippen molar-refractivity contribution in [2.24, 2.45) is 5.92 Å². The molecule has 2 aliphatic carbocycles. The van der Waals surface area contributed by atoms with Crippen LogP contribution in [0.4, 0.5) is 17.6 Å². The number of sulfonamides is 1. The number of carboxylic acid groups (broad SMARTS) is 1. The molecule has 1 aromatic carbocycles. The first-order valence-corrected chi connectivity index (χ1v) is 16.6. The molecule has 43 heavy (non-hydrogen) atoms. The zero-order chi connectivity index (χ0) is 31.5. The summed E-state index contributed by atoms with van der Waals surface area (Å²) >= 11 is 1.73. The van der Waals surface area contributed by atoms with Crippen molar-refractivity contribution in [2.75, 3.05) is 19.7 Å². The predicted octanol–water partition coefficient (Wildman–Crippen LogP) is 5.43. The van der Waals surface area contributed by atoms with Crippen LogP contribution in [-0.4, -0.2) is 66.4 Å². The lowest BCUT2D eigenvalue weighted by atomic mass is 9.97. The molecule has 0 unspecified atom stereocenters. The average Bonchev–Trinajstić information content (AvgIpc) is 3.85. The molecule has 1 aliphatic heterocycles. The largest absolute Gasteiger partial charge is 0.493 e. The van der Waals surface area contributed by atoms with Crippen molar-refractivity contribution in [3.8, 4) is 5.75 Å². The normalized spacial score (nSPS) is 18.2. The molecule has 3 aliphatic rings. The van der Waals surface area contributed by atoms with Crippen molar-refractivity contribution in [2.45, 2.75) is 82.2 Å². The molecule has 2 heterocycles. The van der Waals surface area contributed by atoms with Gasteiger partial charge in [-0.1, -0.05) is 13.8 Å². The fourth-order valence-corrected chi connectivity index (χ4v) is 6.76. The maximum atomic E-state index is 14.9. The zero-order valence-electron chi connectivity index (χ0n) is 23.8. The molecule has 15 heteroatoms. The molecule has 0 atom stereocenters. The summed E-state index contributed by atoms with van der Waals surface area (Å²) in [7, 11) is -3.74. The number of benzene rings is 1. The summed E-state index contributed by atoms with van der Waals surface area (Å²) in [6.07, 6.45) is -0.0973. The number of aromatic nitrogens is 1. The van der Waals surface area contributed by atoms with Crippen LogP contribution in [0.2, 0.25) is 0 Å². The van der Waals surface area contributed by atoms with Gasteiger partial charge in [0.1, 0.15) is 11.6 Å². The summed E-state index contributed by atoms with van der Waals surface area (Å²) in [6, 6.07) is 2.75. The lowest BCUT2D eigenvalue weighted by molar-refractivity contribution is -0.192. The van der Waals surface area contributed by atoms with E-state index in [1.807, 2.05) is 4.72 Å². The number of amides is 1. The third-order valence-corrected chi connectivity index (χ3v) is 10.4. The second-order valence-electron chi connectivity index (χ2n) is 11.5. The lowest BCUT2D eigenvalue weighted by Crippen LogP contribution is -2.35. The first-order chi connectivity index (χ1) is 20.1. The van der Waals surface area contributed by atoms with E-state index in [0.29, 0.717) is 37.0 Å². The van der Waals surface area contributed by atoms with Crippen LogP contribution in [0.1, 0.15) is 90.8 Å². The van der Waals surface area contributed by atoms with Crippen molar-refractivity contribution in [1.82, 2.24) is 14.6 Å². The monoisotopic (exact) mass is 649 g/mol. The highest BCUT2D eigenvalue weighted by molar-refractivity contribution is 7.91. The molecule has 1 aromatic heterocycles. The number of carbonyl (C=O) groups excluding carboxylic acids is 1. The number of hydrogen-bond acceptors (Lipinski definition) is 8. The Morgan fingerprint density at radius 1 is 1.14 bits per heavy atom. The Labute approximate surface area is 251 Å². The minimum Gasteiger partial charge on any atom is -0.493 e. The van der Waals surface area contributed by atoms with Crippen molar-refractivity contribution >= 4 is 33.2 Å². The minimum atomic E-state index is -5.08. The highest BCUT2D eigenvalue weighted by Crippen LogP contribution is 2.45. The molecular weight excluding hydrogens is 614 g/mol. The molecule has 0 radical (unpaired) electrons. The van der Waals surface area contributed by atoms with Crippen LogP contribution < -0.4 is 9.46 Å². The van der Waals surface area contributed by atoms with E-state index >= 15 is 0 Å². The van der Waals surface area contributed by atoms with Crippen LogP contribution >= 0.6 is 11.3 Å². The Bertz CT molecular complexity index is 1410. The highest BCUT2D eigenvalue weighted by atomic mass is 32.2. The number of ether oxygens (including phenoxy) is 1. The van der Waals surface area contributed by atoms with Crippen molar-refractivity contribution in [3.05, 3.63) is 45.2 Å². The van der Waals surface area contributed by atoms with E-state index in [9.17, 15) is 30.8 Å². The SMILES string of the molecule is CC(C)c1nc(CN2CCC(COc3cc(F)c(C(=O)NS(=O)(=O)C4CC4)cc3C3CC3)CC2)cs1.O=C(O)C(F)(F)F. The maximum absolute atomic E-state index is 14.9. The summed E-state index contributed by atoms with van der Waals surface area (Å²) in [5.41, 5.74) is 1.70. The number of thiazole rings is 1. The Hall–Kier alpha value is -2.78. The van der Waals surface area contributed by atoms with E-state index in [-0.39, 0.29) is 11.5 Å². The van der Waals surface area contributed by atoms with E-state index in [1.165, 1.54) is 17.1 Å². The van der Waals surface area contributed by atoms with E-state index in [1.54, 1.807) is 11.3 Å². The third kappa shape index (κ3) is 9.35. The topological polar surface area (TPSA) is 126 Å². The van der Waals surface area contributed by atoms with Crippen LogP contribution in [0.15, 0.2) is 17.5 Å². The smallest absolute Gasteiger partial charge is 0.490 e. The van der Waals surface area contributed by atoms with E-state index in [2.05, 4.69) is 24.1 Å². The molecule has 0 spiro atoms. The molecule has 3 fully saturated rings. The molecule has 238 valence electrons. The summed E-state index contributed by atoms with van der Waals surface area (Å²) in [5, 5.41) is 9.92. The summed E-state index contributed by atoms with van der Waals surface area (Å²) < 4.78 is 79.0. The Morgan fingerprint density at radius 2 is 1.77 bits per heavy atom. The van der Waals surface area contributed by atoms with Gasteiger partial charge in [-0.15, -0.1) is 11.3 Å². The number of carbonyl (C=O) groups is 2. The number of hydrogen-bond donors (Lipinski definition) is 2. The number of aliphatic carboxylic acids is 1. The predicted molar refractivity (Wildman–Crippen MR) is 151 cm³/mol. The summed E-state index contributed by atoms with van der Waals surface area (Å²) in [6.45, 7) is 7.64. The quantitative estimate of drug-likeness (QED) is 0.327. The van der Waals surface area contributed by atoms with E-state index in [4.69, 9.17) is 19.6 Å². The van der Waals surface area contributed by atoms with Crippen molar-refractivity contribution < 1.29 is 45.4 Å². The Balaban J connectivity index is 0.000000541. The second kappa shape index (κ2) is 13.5. The number of nitrogens with zero attached hydrogens (tertiary/aromatic N) is 2. The number of piperidine rings is 1. The van der Waals surface area contributed by atoms with Gasteiger partial charge in [-0.05, 0) is 75.1 Å². The first-order valence-electron chi connectivity index (χ1n) is 14.1. The van der Waals surface area contributed by atoms with Gasteiger partial charge in [-0.25, -0.2) is 27.3 Å². The van der Waals surface area contributed by atoms with Crippen LogP contribution in [0.3, 0.4) is 0 Å². The number of alkyl halides is 3. The van der Waals surface area contributed by atoms with Gasteiger partial charge in [-0.2, -0.15) is 13.2 Å². The maximum Gasteiger partial charge on any atom is 0.490 e. The van der Waals surface area contributed by atoms with Crippen LogP contribution in [0, 0.1) is 11.7 Å². The molecule has 1 saturated heterocycles. The van der Waals surface area contributed by atoms with Crippen LogP contribution in [0.5, 0.6) is 5.75 Å². The standard InChI is InChI=1S/C26H34FN3O4S2.C2HF3O2/c1-16(2)26-28-19(15-35-26)13-30-9-7-17(8-10-30)14-34-24-12-23(27)22(11-21(24)18-3-4-18)25(31)29-36(32,33)20-5-6-20;3-2(4,5)1(6)7/h11-12,15-18,20H,3-10,13-14H2,1-2H3,(H,29,31);(H,6,7). The first kappa shape index (κ1) is 33.1. The molecule has 0 bridgehead atoms. The van der Waals surface area contributed by atoms with E-state index in [0.717, 1.165) is 56.6 Å². The van der Waals surface area contributed by atoms with Gasteiger partial charge in [0.05, 0.1) is 28.1 Å².